The molecule has 20 heavy (non-hydrogen) atoms. The van der Waals surface area contributed by atoms with Crippen LogP contribution in [0.4, 0.5) is 0 Å². The van der Waals surface area contributed by atoms with Crippen LogP contribution in [0.25, 0.3) is 0 Å². The number of hydrogen-bond acceptors (Lipinski definition) is 1. The fourth-order valence-corrected chi connectivity index (χ4v) is 1.84. The first-order valence-corrected chi connectivity index (χ1v) is 8.91. The van der Waals surface area contributed by atoms with Gasteiger partial charge in [-0.1, -0.05) is 91.6 Å². The van der Waals surface area contributed by atoms with Crippen LogP contribution in [0.2, 0.25) is 0 Å². The fourth-order valence-electron chi connectivity index (χ4n) is 1.84. The van der Waals surface area contributed by atoms with E-state index in [0.717, 1.165) is 5.92 Å². The molecule has 0 aromatic heterocycles. The molecule has 0 aliphatic rings. The van der Waals surface area contributed by atoms with Crippen molar-refractivity contribution in [2.75, 3.05) is 7.05 Å². The van der Waals surface area contributed by atoms with Crippen LogP contribution in [0.5, 0.6) is 0 Å². The molecule has 0 amide bonds. The highest BCUT2D eigenvalue weighted by atomic mass is 14.4. The second kappa shape index (κ2) is 27.1. The van der Waals surface area contributed by atoms with Gasteiger partial charge in [0.1, 0.15) is 0 Å². The Morgan fingerprint density at radius 1 is 0.850 bits per heavy atom. The fraction of sp³-hybridized carbons (Fsp3) is 0.895. The zero-order valence-electron chi connectivity index (χ0n) is 15.2. The van der Waals surface area contributed by atoms with E-state index >= 15 is 0 Å². The minimum absolute atomic E-state index is 0.955. The van der Waals surface area contributed by atoms with Crippen molar-refractivity contribution in [2.24, 2.45) is 11.7 Å². The first kappa shape index (κ1) is 24.7. The molecule has 124 valence electrons. The molecule has 0 saturated heterocycles. The Bertz CT molecular complexity index is 143. The van der Waals surface area contributed by atoms with Crippen LogP contribution < -0.4 is 5.73 Å². The summed E-state index contributed by atoms with van der Waals surface area (Å²) in [5, 5.41) is 0. The maximum atomic E-state index is 4.50. The van der Waals surface area contributed by atoms with Crippen LogP contribution in [-0.2, 0) is 0 Å². The maximum absolute atomic E-state index is 4.50. The molecule has 0 spiro atoms. The molecule has 1 heteroatoms. The predicted molar refractivity (Wildman–Crippen MR) is 97.3 cm³/mol. The van der Waals surface area contributed by atoms with Crippen molar-refractivity contribution in [1.82, 2.24) is 0 Å². The summed E-state index contributed by atoms with van der Waals surface area (Å²) in [5.41, 5.74) is 4.50. The summed E-state index contributed by atoms with van der Waals surface area (Å²) >= 11 is 0. The summed E-state index contributed by atoms with van der Waals surface area (Å²) in [6, 6.07) is 0. The second-order valence-corrected chi connectivity index (χ2v) is 5.50. The van der Waals surface area contributed by atoms with Crippen LogP contribution in [-0.4, -0.2) is 7.05 Å². The Hall–Kier alpha value is -0.300. The second-order valence-electron chi connectivity index (χ2n) is 5.50. The molecule has 0 aliphatic carbocycles. The lowest BCUT2D eigenvalue weighted by atomic mass is 10.0. The summed E-state index contributed by atoms with van der Waals surface area (Å²) in [6.07, 6.45) is 17.1. The first-order valence-electron chi connectivity index (χ1n) is 8.91. The van der Waals surface area contributed by atoms with Crippen LogP contribution in [0.3, 0.4) is 0 Å². The third-order valence-corrected chi connectivity index (χ3v) is 3.51. The third kappa shape index (κ3) is 30.6. The molecule has 0 rings (SSSR count). The van der Waals surface area contributed by atoms with E-state index in [1.54, 1.807) is 0 Å². The summed E-state index contributed by atoms with van der Waals surface area (Å²) < 4.78 is 0. The van der Waals surface area contributed by atoms with Gasteiger partial charge in [0.15, 0.2) is 0 Å². The van der Waals surface area contributed by atoms with Crippen LogP contribution in [0, 0.1) is 5.92 Å². The highest BCUT2D eigenvalue weighted by Gasteiger charge is 1.96. The van der Waals surface area contributed by atoms with E-state index in [1.807, 2.05) is 6.08 Å². The molecule has 0 heterocycles. The lowest BCUT2D eigenvalue weighted by Crippen LogP contribution is -1.91. The molecule has 2 N–H and O–H groups in total. The zero-order chi connectivity index (χ0) is 16.1. The van der Waals surface area contributed by atoms with E-state index in [9.17, 15) is 0 Å². The van der Waals surface area contributed by atoms with Gasteiger partial charge in [-0.15, -0.1) is 6.58 Å². The molecule has 0 bridgehead atoms. The van der Waals surface area contributed by atoms with Gasteiger partial charge < -0.3 is 5.73 Å². The Balaban J connectivity index is -0.000000262. The molecule has 0 fully saturated rings. The minimum atomic E-state index is 0.955. The van der Waals surface area contributed by atoms with Crippen molar-refractivity contribution < 1.29 is 0 Å². The number of nitrogens with two attached hydrogens (primary N) is 1. The van der Waals surface area contributed by atoms with Gasteiger partial charge in [-0.05, 0) is 25.8 Å². The standard InChI is InChI=1S/C10H22.C8H16.CH5N/c1-4-6-7-8-9-10(3)5-2;1-3-5-7-8-6-4-2;1-2/h10H,4-9H2,1-3H3;3H,1,4-8H2,2H3;2H2,1H3. The molecular weight excluding hydrogens is 242 g/mol. The molecule has 1 atom stereocenters. The van der Waals surface area contributed by atoms with Gasteiger partial charge in [0, 0.05) is 0 Å². The number of hydrogen-bond donors (Lipinski definition) is 1. The Morgan fingerprint density at radius 2 is 1.35 bits per heavy atom. The molecular formula is C19H43N. The minimum Gasteiger partial charge on any atom is -0.333 e. The maximum Gasteiger partial charge on any atom is -0.0195 e. The number of unbranched alkanes of at least 4 members (excludes halogenated alkanes) is 7. The molecule has 0 aromatic rings. The van der Waals surface area contributed by atoms with Crippen molar-refractivity contribution in [3.63, 3.8) is 0 Å². The van der Waals surface area contributed by atoms with Gasteiger partial charge in [-0.25, -0.2) is 0 Å². The Morgan fingerprint density at radius 3 is 1.75 bits per heavy atom. The molecule has 1 unspecified atom stereocenters. The molecule has 0 aromatic carbocycles. The van der Waals surface area contributed by atoms with Crippen LogP contribution in [0.15, 0.2) is 12.7 Å². The quantitative estimate of drug-likeness (QED) is 0.331. The molecule has 0 aliphatic heterocycles. The highest BCUT2D eigenvalue weighted by molar-refractivity contribution is 4.65. The van der Waals surface area contributed by atoms with E-state index in [2.05, 4.69) is 40.0 Å². The Labute approximate surface area is 130 Å². The van der Waals surface area contributed by atoms with Crippen LogP contribution >= 0.6 is 0 Å². The topological polar surface area (TPSA) is 26.0 Å². The van der Waals surface area contributed by atoms with Gasteiger partial charge in [0.2, 0.25) is 0 Å². The smallest absolute Gasteiger partial charge is 0.0195 e. The summed E-state index contributed by atoms with van der Waals surface area (Å²) in [7, 11) is 1.50. The van der Waals surface area contributed by atoms with Crippen molar-refractivity contribution >= 4 is 0 Å². The van der Waals surface area contributed by atoms with Gasteiger partial charge in [0.25, 0.3) is 0 Å². The van der Waals surface area contributed by atoms with Crippen molar-refractivity contribution in [3.05, 3.63) is 12.7 Å². The average molecular weight is 286 g/mol. The average Bonchev–Trinajstić information content (AvgIpc) is 2.50. The van der Waals surface area contributed by atoms with E-state index in [0.29, 0.717) is 0 Å². The monoisotopic (exact) mass is 285 g/mol. The van der Waals surface area contributed by atoms with E-state index < -0.39 is 0 Å². The van der Waals surface area contributed by atoms with Gasteiger partial charge in [-0.2, -0.15) is 0 Å². The summed E-state index contributed by atoms with van der Waals surface area (Å²) in [5.74, 6) is 0.955. The zero-order valence-corrected chi connectivity index (χ0v) is 15.2. The summed E-state index contributed by atoms with van der Waals surface area (Å²) in [6.45, 7) is 12.8. The third-order valence-electron chi connectivity index (χ3n) is 3.51. The normalized spacial score (nSPS) is 10.7. The molecule has 0 saturated carbocycles. The van der Waals surface area contributed by atoms with Crippen molar-refractivity contribution in [2.45, 2.75) is 98.3 Å². The lowest BCUT2D eigenvalue weighted by Gasteiger charge is -2.06. The van der Waals surface area contributed by atoms with Crippen molar-refractivity contribution in [3.8, 4) is 0 Å². The number of allylic oxidation sites excluding steroid dienone is 1. The van der Waals surface area contributed by atoms with Gasteiger partial charge in [0.05, 0.1) is 0 Å². The SMILES string of the molecule is C=CCCCCCC.CCCCCCC(C)CC.CN. The van der Waals surface area contributed by atoms with E-state index in [-0.39, 0.29) is 0 Å². The Kier molecular flexibility index (Phi) is 33.5. The van der Waals surface area contributed by atoms with E-state index in [4.69, 9.17) is 0 Å². The molecule has 0 radical (unpaired) electrons. The predicted octanol–water partition coefficient (Wildman–Crippen LogP) is 6.72. The van der Waals surface area contributed by atoms with Crippen LogP contribution in [0.1, 0.15) is 98.3 Å². The summed E-state index contributed by atoms with van der Waals surface area (Å²) in [4.78, 5) is 0. The van der Waals surface area contributed by atoms with Gasteiger partial charge in [-0.3, -0.25) is 0 Å². The number of rotatable bonds is 11. The lowest BCUT2D eigenvalue weighted by molar-refractivity contribution is 0.477. The van der Waals surface area contributed by atoms with E-state index in [1.165, 1.54) is 77.7 Å². The van der Waals surface area contributed by atoms with Gasteiger partial charge >= 0.3 is 0 Å². The van der Waals surface area contributed by atoms with Crippen molar-refractivity contribution in [1.29, 1.82) is 0 Å². The molecule has 1 nitrogen and oxygen atoms in total. The first-order chi connectivity index (χ1) is 9.72. The highest BCUT2D eigenvalue weighted by Crippen LogP contribution is 2.12. The largest absolute Gasteiger partial charge is 0.333 e.